The Morgan fingerprint density at radius 2 is 1.86 bits per heavy atom. The molecule has 28 heavy (non-hydrogen) atoms. The summed E-state index contributed by atoms with van der Waals surface area (Å²) in [6, 6.07) is 10.9. The van der Waals surface area contributed by atoms with Crippen molar-refractivity contribution in [3.63, 3.8) is 0 Å². The fourth-order valence-corrected chi connectivity index (χ4v) is 4.42. The third-order valence-corrected chi connectivity index (χ3v) is 6.01. The van der Waals surface area contributed by atoms with E-state index >= 15 is 0 Å². The lowest BCUT2D eigenvalue weighted by atomic mass is 10.1. The molecule has 3 rings (SSSR count). The summed E-state index contributed by atoms with van der Waals surface area (Å²) in [5, 5.41) is 2.84. The van der Waals surface area contributed by atoms with Crippen LogP contribution in [-0.4, -0.2) is 32.1 Å². The quantitative estimate of drug-likeness (QED) is 0.796. The van der Waals surface area contributed by atoms with Gasteiger partial charge in [-0.1, -0.05) is 11.6 Å². The monoisotopic (exact) mass is 422 g/mol. The van der Waals surface area contributed by atoms with Gasteiger partial charge in [-0.25, -0.2) is 12.7 Å². The number of nitrogens with zero attached hydrogens (tertiary/aromatic N) is 1. The van der Waals surface area contributed by atoms with Gasteiger partial charge in [0, 0.05) is 12.1 Å². The van der Waals surface area contributed by atoms with E-state index in [9.17, 15) is 18.0 Å². The molecule has 7 nitrogen and oxygen atoms in total. The Labute approximate surface area is 168 Å². The van der Waals surface area contributed by atoms with Gasteiger partial charge in [-0.3, -0.25) is 9.59 Å². The van der Waals surface area contributed by atoms with E-state index in [-0.39, 0.29) is 34.6 Å². The number of benzene rings is 2. The van der Waals surface area contributed by atoms with Crippen molar-refractivity contribution >= 4 is 44.8 Å². The van der Waals surface area contributed by atoms with E-state index in [0.717, 1.165) is 4.31 Å². The predicted molar refractivity (Wildman–Crippen MR) is 108 cm³/mol. The fourth-order valence-electron chi connectivity index (χ4n) is 2.77. The lowest BCUT2D eigenvalue weighted by Crippen LogP contribution is -2.29. The minimum absolute atomic E-state index is 0.0339. The number of hydrogen-bond donors (Lipinski definition) is 1. The van der Waals surface area contributed by atoms with E-state index in [0.29, 0.717) is 11.4 Å². The smallest absolute Gasteiger partial charge is 0.257 e. The summed E-state index contributed by atoms with van der Waals surface area (Å²) in [6.07, 6.45) is -0.0522. The van der Waals surface area contributed by atoms with E-state index < -0.39 is 21.8 Å². The second kappa shape index (κ2) is 7.81. The molecule has 2 aromatic carbocycles. The molecule has 0 spiro atoms. The molecule has 2 aromatic rings. The number of amides is 2. The van der Waals surface area contributed by atoms with Crippen molar-refractivity contribution < 1.29 is 22.7 Å². The Bertz CT molecular complexity index is 1020. The van der Waals surface area contributed by atoms with Crippen LogP contribution in [0.25, 0.3) is 0 Å². The van der Waals surface area contributed by atoms with Crippen molar-refractivity contribution in [1.82, 2.24) is 0 Å². The van der Waals surface area contributed by atoms with Crippen LogP contribution in [0.4, 0.5) is 11.4 Å². The van der Waals surface area contributed by atoms with Gasteiger partial charge in [-0.2, -0.15) is 0 Å². The molecular formula is C19H19ClN2O5S. The highest BCUT2D eigenvalue weighted by Crippen LogP contribution is 2.29. The SMILES string of the molecule is CC(C)Oc1ccc(NC(=O)c2cc(N3C(=O)CCS3(=O)=O)ccc2Cl)cc1. The van der Waals surface area contributed by atoms with Gasteiger partial charge in [0.25, 0.3) is 5.91 Å². The van der Waals surface area contributed by atoms with Crippen LogP contribution in [-0.2, 0) is 14.8 Å². The van der Waals surface area contributed by atoms with E-state index in [1.807, 2.05) is 13.8 Å². The Kier molecular flexibility index (Phi) is 5.62. The van der Waals surface area contributed by atoms with Gasteiger partial charge in [0.15, 0.2) is 0 Å². The lowest BCUT2D eigenvalue weighted by molar-refractivity contribution is -0.116. The van der Waals surface area contributed by atoms with Crippen LogP contribution >= 0.6 is 11.6 Å². The van der Waals surface area contributed by atoms with Crippen molar-refractivity contribution in [3.8, 4) is 5.75 Å². The van der Waals surface area contributed by atoms with Crippen molar-refractivity contribution in [3.05, 3.63) is 53.1 Å². The second-order valence-corrected chi connectivity index (χ2v) is 8.88. The average Bonchev–Trinajstić information content (AvgIpc) is 2.90. The van der Waals surface area contributed by atoms with Gasteiger partial charge in [0.1, 0.15) is 5.75 Å². The number of anilines is 2. The van der Waals surface area contributed by atoms with Gasteiger partial charge < -0.3 is 10.1 Å². The summed E-state index contributed by atoms with van der Waals surface area (Å²) in [6.45, 7) is 3.83. The van der Waals surface area contributed by atoms with E-state index in [1.54, 1.807) is 24.3 Å². The Balaban J connectivity index is 1.83. The molecule has 0 atom stereocenters. The highest BCUT2D eigenvalue weighted by molar-refractivity contribution is 7.94. The van der Waals surface area contributed by atoms with Crippen LogP contribution in [0.1, 0.15) is 30.6 Å². The van der Waals surface area contributed by atoms with E-state index in [4.69, 9.17) is 16.3 Å². The summed E-state index contributed by atoms with van der Waals surface area (Å²) in [4.78, 5) is 24.6. The fraction of sp³-hybridized carbons (Fsp3) is 0.263. The Morgan fingerprint density at radius 1 is 1.18 bits per heavy atom. The topological polar surface area (TPSA) is 92.8 Å². The molecule has 1 saturated heterocycles. The molecule has 0 radical (unpaired) electrons. The molecule has 0 saturated carbocycles. The minimum Gasteiger partial charge on any atom is -0.491 e. The Morgan fingerprint density at radius 3 is 2.43 bits per heavy atom. The first-order valence-electron chi connectivity index (χ1n) is 8.61. The second-order valence-electron chi connectivity index (χ2n) is 6.53. The zero-order valence-electron chi connectivity index (χ0n) is 15.3. The standard InChI is InChI=1S/C19H19ClN2O5S/c1-12(2)27-15-6-3-13(4-7-15)21-19(24)16-11-14(5-8-17(16)20)22-18(23)9-10-28(22,25)26/h3-8,11-12H,9-10H2,1-2H3,(H,21,24). The van der Waals surface area contributed by atoms with Crippen molar-refractivity contribution in [2.75, 3.05) is 15.4 Å². The molecule has 0 aromatic heterocycles. The molecule has 1 aliphatic heterocycles. The van der Waals surface area contributed by atoms with Crippen LogP contribution in [0.5, 0.6) is 5.75 Å². The first-order valence-corrected chi connectivity index (χ1v) is 10.6. The minimum atomic E-state index is -3.72. The predicted octanol–water partition coefficient (Wildman–Crippen LogP) is 3.45. The summed E-state index contributed by atoms with van der Waals surface area (Å²) >= 11 is 6.12. The van der Waals surface area contributed by atoms with Crippen molar-refractivity contribution in [2.45, 2.75) is 26.4 Å². The molecule has 0 aliphatic carbocycles. The number of sulfonamides is 1. The number of carbonyl (C=O) groups excluding carboxylic acids is 2. The molecular weight excluding hydrogens is 404 g/mol. The number of ether oxygens (including phenoxy) is 1. The van der Waals surface area contributed by atoms with Gasteiger partial charge in [-0.15, -0.1) is 0 Å². The summed E-state index contributed by atoms with van der Waals surface area (Å²) in [7, 11) is -3.72. The molecule has 1 aliphatic rings. The lowest BCUT2D eigenvalue weighted by Gasteiger charge is -2.16. The maximum absolute atomic E-state index is 12.6. The van der Waals surface area contributed by atoms with Gasteiger partial charge >= 0.3 is 0 Å². The number of rotatable bonds is 5. The van der Waals surface area contributed by atoms with Crippen LogP contribution in [0.2, 0.25) is 5.02 Å². The number of halogens is 1. The molecule has 148 valence electrons. The van der Waals surface area contributed by atoms with Crippen molar-refractivity contribution in [1.29, 1.82) is 0 Å². The molecule has 2 amide bonds. The van der Waals surface area contributed by atoms with Crippen LogP contribution in [0.15, 0.2) is 42.5 Å². The summed E-state index contributed by atoms with van der Waals surface area (Å²) < 4.78 is 30.5. The first-order chi connectivity index (χ1) is 13.2. The number of nitrogens with one attached hydrogen (secondary N) is 1. The largest absolute Gasteiger partial charge is 0.491 e. The van der Waals surface area contributed by atoms with Crippen LogP contribution < -0.4 is 14.4 Å². The molecule has 9 heteroatoms. The molecule has 1 fully saturated rings. The maximum atomic E-state index is 12.6. The molecule has 1 N–H and O–H groups in total. The highest BCUT2D eigenvalue weighted by Gasteiger charge is 2.36. The van der Waals surface area contributed by atoms with Gasteiger partial charge in [-0.05, 0) is 56.3 Å². The van der Waals surface area contributed by atoms with Crippen molar-refractivity contribution in [2.24, 2.45) is 0 Å². The van der Waals surface area contributed by atoms with E-state index in [1.165, 1.54) is 18.2 Å². The zero-order chi connectivity index (χ0) is 20.5. The molecule has 0 unspecified atom stereocenters. The summed E-state index contributed by atoms with van der Waals surface area (Å²) in [5.41, 5.74) is 0.682. The average molecular weight is 423 g/mol. The summed E-state index contributed by atoms with van der Waals surface area (Å²) in [5.74, 6) is -0.630. The zero-order valence-corrected chi connectivity index (χ0v) is 16.9. The number of hydrogen-bond acceptors (Lipinski definition) is 5. The highest BCUT2D eigenvalue weighted by atomic mass is 35.5. The Hall–Kier alpha value is -2.58. The van der Waals surface area contributed by atoms with Gasteiger partial charge in [0.05, 0.1) is 28.1 Å². The van der Waals surface area contributed by atoms with Crippen LogP contribution in [0.3, 0.4) is 0 Å². The first kappa shape index (κ1) is 20.2. The molecule has 0 bridgehead atoms. The third kappa shape index (κ3) is 4.28. The third-order valence-electron chi connectivity index (χ3n) is 3.99. The van der Waals surface area contributed by atoms with Gasteiger partial charge in [0.2, 0.25) is 15.9 Å². The molecule has 1 heterocycles. The van der Waals surface area contributed by atoms with Crippen LogP contribution in [0, 0.1) is 0 Å². The number of carbonyl (C=O) groups is 2. The maximum Gasteiger partial charge on any atom is 0.257 e. The normalized spacial score (nSPS) is 15.7. The van der Waals surface area contributed by atoms with E-state index in [2.05, 4.69) is 5.32 Å².